The van der Waals surface area contributed by atoms with Crippen LogP contribution in [0.2, 0.25) is 0 Å². The number of hydrogen-bond acceptors (Lipinski definition) is 2. The van der Waals surface area contributed by atoms with Gasteiger partial charge < -0.3 is 10.0 Å². The van der Waals surface area contributed by atoms with Gasteiger partial charge in [-0.1, -0.05) is 27.2 Å². The van der Waals surface area contributed by atoms with Crippen molar-refractivity contribution >= 4 is 5.91 Å². The molecule has 0 aromatic rings. The van der Waals surface area contributed by atoms with Crippen molar-refractivity contribution < 1.29 is 23.1 Å². The molecule has 0 spiro atoms. The maximum atomic E-state index is 12.1. The monoisotopic (exact) mass is 255 g/mol. The summed E-state index contributed by atoms with van der Waals surface area (Å²) in [4.78, 5) is 12.6. The maximum absolute atomic E-state index is 12.1. The van der Waals surface area contributed by atoms with Gasteiger partial charge in [0.15, 0.2) is 6.10 Å². The van der Waals surface area contributed by atoms with Crippen molar-refractivity contribution in [1.29, 1.82) is 0 Å². The first kappa shape index (κ1) is 16.2. The Balaban J connectivity index is 4.34. The second-order valence-electron chi connectivity index (χ2n) is 5.03. The minimum Gasteiger partial charge on any atom is -0.382 e. The fourth-order valence-corrected chi connectivity index (χ4v) is 1.13. The Labute approximate surface area is 99.6 Å². The molecule has 0 aliphatic heterocycles. The lowest BCUT2D eigenvalue weighted by molar-refractivity contribution is -0.207. The van der Waals surface area contributed by atoms with E-state index in [1.165, 1.54) is 7.05 Å². The second kappa shape index (κ2) is 5.71. The summed E-state index contributed by atoms with van der Waals surface area (Å²) in [5.74, 6) is -0.389. The number of carbonyl (C=O) groups is 1. The molecule has 0 bridgehead atoms. The molecule has 1 atom stereocenters. The first-order chi connectivity index (χ1) is 7.49. The largest absolute Gasteiger partial charge is 0.416 e. The van der Waals surface area contributed by atoms with Crippen LogP contribution in [0.3, 0.4) is 0 Å². The first-order valence-electron chi connectivity index (χ1n) is 5.48. The smallest absolute Gasteiger partial charge is 0.382 e. The molecule has 0 rings (SSSR count). The molecule has 6 heteroatoms. The average Bonchev–Trinajstić information content (AvgIpc) is 2.15. The molecule has 0 fully saturated rings. The van der Waals surface area contributed by atoms with Crippen LogP contribution >= 0.6 is 0 Å². The quantitative estimate of drug-likeness (QED) is 0.818. The molecular weight excluding hydrogens is 235 g/mol. The van der Waals surface area contributed by atoms with Crippen molar-refractivity contribution in [2.24, 2.45) is 5.41 Å². The summed E-state index contributed by atoms with van der Waals surface area (Å²) in [5.41, 5.74) is -0.242. The van der Waals surface area contributed by atoms with Gasteiger partial charge in [0.25, 0.3) is 0 Å². The third kappa shape index (κ3) is 5.91. The van der Waals surface area contributed by atoms with Gasteiger partial charge in [0, 0.05) is 13.5 Å². The van der Waals surface area contributed by atoms with Crippen LogP contribution in [0.25, 0.3) is 0 Å². The van der Waals surface area contributed by atoms with E-state index in [9.17, 15) is 18.0 Å². The number of hydrogen-bond donors (Lipinski definition) is 1. The molecule has 102 valence electrons. The summed E-state index contributed by atoms with van der Waals surface area (Å²) in [6.45, 7) is 4.94. The molecule has 3 nitrogen and oxygen atoms in total. The highest BCUT2D eigenvalue weighted by molar-refractivity contribution is 5.76. The van der Waals surface area contributed by atoms with Crippen LogP contribution in [0, 0.1) is 5.41 Å². The van der Waals surface area contributed by atoms with Gasteiger partial charge in [0.1, 0.15) is 0 Å². The lowest BCUT2D eigenvalue weighted by Crippen LogP contribution is -2.42. The van der Waals surface area contributed by atoms with E-state index in [0.717, 1.165) is 11.3 Å². The number of halogens is 3. The van der Waals surface area contributed by atoms with Crippen molar-refractivity contribution in [2.45, 2.75) is 45.9 Å². The summed E-state index contributed by atoms with van der Waals surface area (Å²) in [7, 11) is 1.27. The maximum Gasteiger partial charge on any atom is 0.416 e. The molecule has 0 radical (unpaired) electrons. The fourth-order valence-electron chi connectivity index (χ4n) is 1.13. The highest BCUT2D eigenvalue weighted by atomic mass is 19.4. The van der Waals surface area contributed by atoms with Crippen LogP contribution in [0.4, 0.5) is 13.2 Å². The zero-order chi connectivity index (χ0) is 13.9. The van der Waals surface area contributed by atoms with E-state index in [1.807, 2.05) is 20.8 Å². The summed E-state index contributed by atoms with van der Waals surface area (Å²) in [6, 6.07) is 0. The zero-order valence-corrected chi connectivity index (χ0v) is 10.6. The van der Waals surface area contributed by atoms with Crippen LogP contribution in [0.1, 0.15) is 33.6 Å². The van der Waals surface area contributed by atoms with Gasteiger partial charge in [0.05, 0.1) is 6.54 Å². The van der Waals surface area contributed by atoms with Crippen molar-refractivity contribution in [3.8, 4) is 0 Å². The summed E-state index contributed by atoms with van der Waals surface area (Å²) in [6.07, 6.45) is -6.24. The number of aliphatic hydroxyl groups is 1. The zero-order valence-electron chi connectivity index (χ0n) is 10.6. The SMILES string of the molecule is CCC(C)(C)CC(=O)N(C)CC(O)C(F)(F)F. The van der Waals surface area contributed by atoms with Crippen molar-refractivity contribution in [3.05, 3.63) is 0 Å². The summed E-state index contributed by atoms with van der Waals surface area (Å²) < 4.78 is 36.3. The highest BCUT2D eigenvalue weighted by Crippen LogP contribution is 2.26. The van der Waals surface area contributed by atoms with Crippen LogP contribution in [0.5, 0.6) is 0 Å². The molecule has 0 aliphatic carbocycles. The van der Waals surface area contributed by atoms with Crippen LogP contribution in [-0.4, -0.2) is 41.8 Å². The second-order valence-corrected chi connectivity index (χ2v) is 5.03. The van der Waals surface area contributed by atoms with Gasteiger partial charge in [0.2, 0.25) is 5.91 Å². The Kier molecular flexibility index (Phi) is 5.45. The van der Waals surface area contributed by atoms with Crippen LogP contribution < -0.4 is 0 Å². The van der Waals surface area contributed by atoms with Gasteiger partial charge >= 0.3 is 6.18 Å². The molecule has 0 aromatic carbocycles. The molecule has 0 aromatic heterocycles. The van der Waals surface area contributed by atoms with Crippen LogP contribution in [-0.2, 0) is 4.79 Å². The van der Waals surface area contributed by atoms with E-state index >= 15 is 0 Å². The molecule has 1 N–H and O–H groups in total. The number of nitrogens with zero attached hydrogens (tertiary/aromatic N) is 1. The van der Waals surface area contributed by atoms with Gasteiger partial charge in [-0.25, -0.2) is 0 Å². The topological polar surface area (TPSA) is 40.5 Å². The first-order valence-corrected chi connectivity index (χ1v) is 5.48. The lowest BCUT2D eigenvalue weighted by atomic mass is 9.86. The summed E-state index contributed by atoms with van der Waals surface area (Å²) in [5, 5.41) is 8.84. The minimum atomic E-state index is -4.69. The molecule has 1 unspecified atom stereocenters. The lowest BCUT2D eigenvalue weighted by Gasteiger charge is -2.27. The van der Waals surface area contributed by atoms with Crippen molar-refractivity contribution in [3.63, 3.8) is 0 Å². The Hall–Kier alpha value is -0.780. The van der Waals surface area contributed by atoms with E-state index in [-0.39, 0.29) is 17.7 Å². The van der Waals surface area contributed by atoms with E-state index < -0.39 is 18.8 Å². The molecule has 1 amide bonds. The number of alkyl halides is 3. The Morgan fingerprint density at radius 3 is 2.18 bits per heavy atom. The predicted octanol–water partition coefficient (Wildman–Crippen LogP) is 2.19. The number of carbonyl (C=O) groups excluding carboxylic acids is 1. The van der Waals surface area contributed by atoms with Crippen molar-refractivity contribution in [2.75, 3.05) is 13.6 Å². The minimum absolute atomic E-state index is 0.171. The van der Waals surface area contributed by atoms with Gasteiger partial charge in [-0.2, -0.15) is 13.2 Å². The fraction of sp³-hybridized carbons (Fsp3) is 0.909. The number of aliphatic hydroxyl groups excluding tert-OH is 1. The summed E-state index contributed by atoms with van der Waals surface area (Å²) >= 11 is 0. The number of amides is 1. The van der Waals surface area contributed by atoms with Crippen LogP contribution in [0.15, 0.2) is 0 Å². The molecule has 17 heavy (non-hydrogen) atoms. The Bertz CT molecular complexity index is 264. The van der Waals surface area contributed by atoms with E-state index in [4.69, 9.17) is 5.11 Å². The van der Waals surface area contributed by atoms with Gasteiger partial charge in [-0.05, 0) is 5.41 Å². The Morgan fingerprint density at radius 2 is 1.82 bits per heavy atom. The number of rotatable bonds is 5. The highest BCUT2D eigenvalue weighted by Gasteiger charge is 2.39. The average molecular weight is 255 g/mol. The molecule has 0 saturated heterocycles. The number of likely N-dealkylation sites (N-methyl/N-ethyl adjacent to an activating group) is 1. The standard InChI is InChI=1S/C11H20F3NO2/c1-5-10(2,3)6-9(17)15(4)7-8(16)11(12,13)14/h8,16H,5-7H2,1-4H3. The van der Waals surface area contributed by atoms with E-state index in [1.54, 1.807) is 0 Å². The molecule has 0 saturated carbocycles. The molecular formula is C11H20F3NO2. The third-order valence-corrected chi connectivity index (χ3v) is 2.84. The Morgan fingerprint density at radius 1 is 1.35 bits per heavy atom. The van der Waals surface area contributed by atoms with E-state index in [2.05, 4.69) is 0 Å². The molecule has 0 aliphatic rings. The van der Waals surface area contributed by atoms with Gasteiger partial charge in [-0.15, -0.1) is 0 Å². The predicted molar refractivity (Wildman–Crippen MR) is 58.4 cm³/mol. The normalized spacial score (nSPS) is 14.6. The van der Waals surface area contributed by atoms with Crippen molar-refractivity contribution in [1.82, 2.24) is 4.90 Å². The molecule has 0 heterocycles. The van der Waals surface area contributed by atoms with Gasteiger partial charge in [-0.3, -0.25) is 4.79 Å². The third-order valence-electron chi connectivity index (χ3n) is 2.84. The van der Waals surface area contributed by atoms with E-state index in [0.29, 0.717) is 0 Å².